The lowest BCUT2D eigenvalue weighted by Gasteiger charge is -2.24. The van der Waals surface area contributed by atoms with Gasteiger partial charge in [-0.25, -0.2) is 4.39 Å². The van der Waals surface area contributed by atoms with E-state index < -0.39 is 28.9 Å². The molecule has 0 saturated heterocycles. The predicted molar refractivity (Wildman–Crippen MR) is 110 cm³/mol. The zero-order valence-electron chi connectivity index (χ0n) is 15.9. The van der Waals surface area contributed by atoms with Gasteiger partial charge in [0.25, 0.3) is 5.91 Å². The summed E-state index contributed by atoms with van der Waals surface area (Å²) in [5, 5.41) is 20.1. The van der Waals surface area contributed by atoms with E-state index in [1.165, 1.54) is 35.8 Å². The Morgan fingerprint density at radius 2 is 1.83 bits per heavy atom. The van der Waals surface area contributed by atoms with Gasteiger partial charge in [0.1, 0.15) is 0 Å². The second-order valence-electron chi connectivity index (χ2n) is 7.01. The number of halogens is 3. The van der Waals surface area contributed by atoms with Crippen molar-refractivity contribution in [2.45, 2.75) is 32.6 Å². The molecule has 0 aliphatic carbocycles. The summed E-state index contributed by atoms with van der Waals surface area (Å²) in [6.45, 7) is 4.69. The van der Waals surface area contributed by atoms with E-state index in [-0.39, 0.29) is 44.2 Å². The standard InChI is InChI=1S/C21H18Cl2FNO4/c1-4-21(3,20(28)29)17-10(2)25(14-7-8-15(26)18(24)16(14)17)19(27)11-5-6-12(22)13(23)9-11/h5-9,26H,4H2,1-3H3,(H,28,29)/t21-/m1/s1. The van der Waals surface area contributed by atoms with Gasteiger partial charge in [0, 0.05) is 22.2 Å². The third kappa shape index (κ3) is 3.16. The van der Waals surface area contributed by atoms with E-state index in [0.717, 1.165) is 6.07 Å². The molecular formula is C21H18Cl2FNO4. The molecule has 0 aliphatic rings. The van der Waals surface area contributed by atoms with Gasteiger partial charge in [0.2, 0.25) is 0 Å². The summed E-state index contributed by atoms with van der Waals surface area (Å²) in [6, 6.07) is 6.86. The van der Waals surface area contributed by atoms with E-state index in [9.17, 15) is 24.2 Å². The fourth-order valence-corrected chi connectivity index (χ4v) is 3.88. The molecule has 3 aromatic rings. The van der Waals surface area contributed by atoms with Gasteiger partial charge in [-0.15, -0.1) is 0 Å². The van der Waals surface area contributed by atoms with E-state index in [1.54, 1.807) is 13.8 Å². The first-order valence-corrected chi connectivity index (χ1v) is 9.56. The summed E-state index contributed by atoms with van der Waals surface area (Å²) < 4.78 is 16.2. The number of hydrogen-bond acceptors (Lipinski definition) is 3. The molecule has 2 N–H and O–H groups in total. The summed E-state index contributed by atoms with van der Waals surface area (Å²) in [6.07, 6.45) is 0.151. The van der Waals surface area contributed by atoms with E-state index in [0.29, 0.717) is 0 Å². The Labute approximate surface area is 176 Å². The van der Waals surface area contributed by atoms with Crippen molar-refractivity contribution in [2.24, 2.45) is 0 Å². The Hall–Kier alpha value is -2.57. The molecular weight excluding hydrogens is 420 g/mol. The molecule has 0 aliphatic heterocycles. The van der Waals surface area contributed by atoms with Crippen molar-refractivity contribution in [3.63, 3.8) is 0 Å². The van der Waals surface area contributed by atoms with Crippen molar-refractivity contribution < 1.29 is 24.2 Å². The summed E-state index contributed by atoms with van der Waals surface area (Å²) in [4.78, 5) is 25.3. The second kappa shape index (κ2) is 7.35. The predicted octanol–water partition coefficient (Wildman–Crippen LogP) is 5.54. The Kier molecular flexibility index (Phi) is 5.36. The van der Waals surface area contributed by atoms with Crippen LogP contribution in [-0.2, 0) is 10.2 Å². The lowest BCUT2D eigenvalue weighted by atomic mass is 9.78. The number of aromatic hydroxyl groups is 1. The Morgan fingerprint density at radius 3 is 2.38 bits per heavy atom. The van der Waals surface area contributed by atoms with Crippen LogP contribution in [0.4, 0.5) is 4.39 Å². The van der Waals surface area contributed by atoms with Gasteiger partial charge in [-0.2, -0.15) is 0 Å². The molecule has 3 rings (SSSR count). The van der Waals surface area contributed by atoms with Crippen LogP contribution >= 0.6 is 23.2 Å². The van der Waals surface area contributed by atoms with Gasteiger partial charge >= 0.3 is 5.97 Å². The third-order valence-corrected chi connectivity index (χ3v) is 6.13. The first-order valence-electron chi connectivity index (χ1n) is 8.80. The van der Waals surface area contributed by atoms with Gasteiger partial charge in [0.15, 0.2) is 11.6 Å². The molecule has 0 bridgehead atoms. The maximum atomic E-state index is 15.0. The molecule has 1 aromatic heterocycles. The average molecular weight is 438 g/mol. The topological polar surface area (TPSA) is 79.5 Å². The summed E-state index contributed by atoms with van der Waals surface area (Å²) in [5.41, 5.74) is -0.700. The first kappa shape index (κ1) is 21.1. The quantitative estimate of drug-likeness (QED) is 0.561. The molecule has 152 valence electrons. The minimum absolute atomic E-state index is 0.0948. The van der Waals surface area contributed by atoms with Crippen molar-refractivity contribution in [1.29, 1.82) is 0 Å². The van der Waals surface area contributed by atoms with E-state index >= 15 is 0 Å². The van der Waals surface area contributed by atoms with Crippen molar-refractivity contribution in [3.8, 4) is 5.75 Å². The minimum Gasteiger partial charge on any atom is -0.505 e. The maximum Gasteiger partial charge on any atom is 0.313 e. The molecule has 0 radical (unpaired) electrons. The Balaban J connectivity index is 2.42. The molecule has 2 aromatic carbocycles. The van der Waals surface area contributed by atoms with Crippen molar-refractivity contribution in [1.82, 2.24) is 4.57 Å². The van der Waals surface area contributed by atoms with Crippen LogP contribution in [0.1, 0.15) is 41.9 Å². The van der Waals surface area contributed by atoms with Crippen molar-refractivity contribution in [3.05, 3.63) is 63.0 Å². The number of carbonyl (C=O) groups excluding carboxylic acids is 1. The summed E-state index contributed by atoms with van der Waals surface area (Å²) in [7, 11) is 0. The van der Waals surface area contributed by atoms with Crippen molar-refractivity contribution in [2.75, 3.05) is 0 Å². The van der Waals surface area contributed by atoms with Gasteiger partial charge in [-0.1, -0.05) is 30.1 Å². The molecule has 0 saturated carbocycles. The van der Waals surface area contributed by atoms with Crippen LogP contribution in [0.25, 0.3) is 10.9 Å². The van der Waals surface area contributed by atoms with Crippen LogP contribution in [-0.4, -0.2) is 26.7 Å². The number of aromatic nitrogens is 1. The highest BCUT2D eigenvalue weighted by Gasteiger charge is 2.40. The fraction of sp³-hybridized carbons (Fsp3) is 0.238. The smallest absolute Gasteiger partial charge is 0.313 e. The normalized spacial score (nSPS) is 13.4. The molecule has 1 atom stereocenters. The van der Waals surface area contributed by atoms with Crippen LogP contribution in [0.15, 0.2) is 30.3 Å². The molecule has 0 fully saturated rings. The van der Waals surface area contributed by atoms with E-state index in [2.05, 4.69) is 0 Å². The van der Waals surface area contributed by atoms with Crippen LogP contribution in [0.5, 0.6) is 5.75 Å². The van der Waals surface area contributed by atoms with Gasteiger partial charge in [0.05, 0.1) is 21.0 Å². The highest BCUT2D eigenvalue weighted by atomic mass is 35.5. The highest BCUT2D eigenvalue weighted by molar-refractivity contribution is 6.42. The monoisotopic (exact) mass is 437 g/mol. The zero-order chi connectivity index (χ0) is 21.7. The fourth-order valence-electron chi connectivity index (χ4n) is 3.58. The number of carboxylic acids is 1. The Bertz CT molecular complexity index is 1170. The number of fused-ring (bicyclic) bond motifs is 1. The SMILES string of the molecule is CC[C@@](C)(C(=O)O)c1c(C)n(C(=O)c2ccc(Cl)c(Cl)c2)c2ccc(O)c(F)c12. The molecule has 8 heteroatoms. The molecule has 1 heterocycles. The minimum atomic E-state index is -1.47. The molecule has 0 amide bonds. The van der Waals surface area contributed by atoms with Crippen LogP contribution in [0.2, 0.25) is 10.0 Å². The Morgan fingerprint density at radius 1 is 1.17 bits per heavy atom. The summed E-state index contributed by atoms with van der Waals surface area (Å²) in [5.74, 6) is -3.28. The molecule has 29 heavy (non-hydrogen) atoms. The number of carbonyl (C=O) groups is 2. The number of aliphatic carboxylic acids is 1. The number of rotatable bonds is 4. The van der Waals surface area contributed by atoms with E-state index in [4.69, 9.17) is 23.2 Å². The van der Waals surface area contributed by atoms with Gasteiger partial charge in [-0.05, 0) is 50.6 Å². The number of phenolic OH excluding ortho intramolecular Hbond substituents is 1. The van der Waals surface area contributed by atoms with Gasteiger partial charge < -0.3 is 10.2 Å². The first-order chi connectivity index (χ1) is 13.5. The lowest BCUT2D eigenvalue weighted by molar-refractivity contribution is -0.143. The number of benzene rings is 2. The van der Waals surface area contributed by atoms with E-state index in [1.807, 2.05) is 0 Å². The number of hydrogen-bond donors (Lipinski definition) is 2. The van der Waals surface area contributed by atoms with Gasteiger partial charge in [-0.3, -0.25) is 14.2 Å². The zero-order valence-corrected chi connectivity index (χ0v) is 17.4. The third-order valence-electron chi connectivity index (χ3n) is 5.39. The summed E-state index contributed by atoms with van der Waals surface area (Å²) >= 11 is 11.9. The largest absolute Gasteiger partial charge is 0.505 e. The highest BCUT2D eigenvalue weighted by Crippen LogP contribution is 2.41. The number of phenols is 1. The number of carboxylic acid groups (broad SMARTS) is 1. The van der Waals surface area contributed by atoms with Crippen LogP contribution in [0.3, 0.4) is 0 Å². The molecule has 0 unspecified atom stereocenters. The maximum absolute atomic E-state index is 15.0. The lowest BCUT2D eigenvalue weighted by Crippen LogP contribution is -2.32. The van der Waals surface area contributed by atoms with Crippen LogP contribution in [0, 0.1) is 12.7 Å². The average Bonchev–Trinajstić information content (AvgIpc) is 2.98. The van der Waals surface area contributed by atoms with Crippen molar-refractivity contribution >= 4 is 46.0 Å². The van der Waals surface area contributed by atoms with Crippen LogP contribution < -0.4 is 0 Å². The number of nitrogens with zero attached hydrogens (tertiary/aromatic N) is 1. The molecule has 5 nitrogen and oxygen atoms in total. The molecule has 0 spiro atoms. The second-order valence-corrected chi connectivity index (χ2v) is 7.83.